The average molecular weight is 355 g/mol. The van der Waals surface area contributed by atoms with Crippen LogP contribution in [0.25, 0.3) is 11.0 Å². The number of benzene rings is 2. The van der Waals surface area contributed by atoms with Crippen molar-refractivity contribution in [2.75, 3.05) is 27.4 Å². The van der Waals surface area contributed by atoms with Gasteiger partial charge in [0.1, 0.15) is 23.1 Å². The number of hydrogen-bond acceptors (Lipinski definition) is 5. The Morgan fingerprint density at radius 1 is 1.08 bits per heavy atom. The van der Waals surface area contributed by atoms with Gasteiger partial charge in [-0.05, 0) is 24.3 Å². The van der Waals surface area contributed by atoms with E-state index in [1.165, 1.54) is 0 Å². The van der Waals surface area contributed by atoms with Crippen molar-refractivity contribution < 1.29 is 19.0 Å². The van der Waals surface area contributed by atoms with Crippen LogP contribution in [-0.4, -0.2) is 43.2 Å². The van der Waals surface area contributed by atoms with Crippen LogP contribution >= 0.6 is 0 Å². The second-order valence-corrected chi connectivity index (χ2v) is 5.63. The first-order valence-corrected chi connectivity index (χ1v) is 8.24. The second kappa shape index (κ2) is 8.24. The number of carbonyl (C=O) groups excluding carboxylic acids is 1. The van der Waals surface area contributed by atoms with Crippen LogP contribution in [0.2, 0.25) is 0 Å². The molecule has 2 N–H and O–H groups in total. The highest BCUT2D eigenvalue weighted by atomic mass is 16.5. The Morgan fingerprint density at radius 2 is 1.85 bits per heavy atom. The lowest BCUT2D eigenvalue weighted by Crippen LogP contribution is -2.30. The monoisotopic (exact) mass is 355 g/mol. The van der Waals surface area contributed by atoms with Gasteiger partial charge in [-0.25, -0.2) is 4.98 Å². The number of imidazole rings is 1. The fourth-order valence-corrected chi connectivity index (χ4v) is 2.50. The van der Waals surface area contributed by atoms with Crippen LogP contribution in [0.3, 0.4) is 0 Å². The van der Waals surface area contributed by atoms with Crippen LogP contribution < -0.4 is 19.5 Å². The number of ether oxygens (including phenoxy) is 3. The molecule has 7 nitrogen and oxygen atoms in total. The van der Waals surface area contributed by atoms with Gasteiger partial charge >= 0.3 is 0 Å². The second-order valence-electron chi connectivity index (χ2n) is 5.63. The van der Waals surface area contributed by atoms with Crippen LogP contribution in [0.15, 0.2) is 42.5 Å². The minimum Gasteiger partial charge on any atom is -0.497 e. The number of H-pyrrole nitrogens is 1. The topological polar surface area (TPSA) is 85.5 Å². The molecule has 1 aromatic heterocycles. The van der Waals surface area contributed by atoms with Gasteiger partial charge in [0.05, 0.1) is 25.3 Å². The third-order valence-electron chi connectivity index (χ3n) is 3.83. The lowest BCUT2D eigenvalue weighted by atomic mass is 10.3. The Labute approximate surface area is 151 Å². The maximum atomic E-state index is 11.9. The SMILES string of the molecule is COc1cccc(OCC(=O)NCCc2nc3ccc(OC)cc3[nH]2)c1. The van der Waals surface area contributed by atoms with Crippen LogP contribution in [-0.2, 0) is 11.2 Å². The van der Waals surface area contributed by atoms with E-state index in [1.54, 1.807) is 26.4 Å². The van der Waals surface area contributed by atoms with E-state index in [-0.39, 0.29) is 12.5 Å². The van der Waals surface area contributed by atoms with Crippen LogP contribution in [0, 0.1) is 0 Å². The summed E-state index contributed by atoms with van der Waals surface area (Å²) in [5, 5.41) is 2.82. The molecule has 0 aliphatic heterocycles. The zero-order valence-corrected chi connectivity index (χ0v) is 14.7. The Balaban J connectivity index is 1.46. The number of fused-ring (bicyclic) bond motifs is 1. The molecule has 0 fully saturated rings. The number of carbonyl (C=O) groups is 1. The smallest absolute Gasteiger partial charge is 0.257 e. The first-order valence-electron chi connectivity index (χ1n) is 8.24. The highest BCUT2D eigenvalue weighted by molar-refractivity contribution is 5.78. The van der Waals surface area contributed by atoms with E-state index < -0.39 is 0 Å². The van der Waals surface area contributed by atoms with Crippen molar-refractivity contribution in [3.05, 3.63) is 48.3 Å². The summed E-state index contributed by atoms with van der Waals surface area (Å²) < 4.78 is 15.8. The third-order valence-corrected chi connectivity index (χ3v) is 3.83. The van der Waals surface area contributed by atoms with Crippen molar-refractivity contribution in [1.82, 2.24) is 15.3 Å². The number of nitrogens with zero attached hydrogens (tertiary/aromatic N) is 1. The summed E-state index contributed by atoms with van der Waals surface area (Å²) in [7, 11) is 3.21. The summed E-state index contributed by atoms with van der Waals surface area (Å²) in [5.41, 5.74) is 1.78. The van der Waals surface area contributed by atoms with Gasteiger partial charge in [-0.3, -0.25) is 4.79 Å². The Kier molecular flexibility index (Phi) is 5.58. The average Bonchev–Trinajstić information content (AvgIpc) is 3.08. The van der Waals surface area contributed by atoms with Crippen molar-refractivity contribution in [1.29, 1.82) is 0 Å². The molecule has 0 unspecified atom stereocenters. The number of hydrogen-bond donors (Lipinski definition) is 2. The van der Waals surface area contributed by atoms with Crippen LogP contribution in [0.4, 0.5) is 0 Å². The zero-order chi connectivity index (χ0) is 18.4. The summed E-state index contributed by atoms with van der Waals surface area (Å²) in [4.78, 5) is 19.6. The molecule has 0 aliphatic carbocycles. The molecule has 0 bridgehead atoms. The van der Waals surface area contributed by atoms with Gasteiger partial charge < -0.3 is 24.5 Å². The van der Waals surface area contributed by atoms with Gasteiger partial charge in [0.2, 0.25) is 0 Å². The number of aromatic amines is 1. The van der Waals surface area contributed by atoms with E-state index in [4.69, 9.17) is 14.2 Å². The van der Waals surface area contributed by atoms with E-state index in [2.05, 4.69) is 15.3 Å². The molecule has 3 aromatic rings. The van der Waals surface area contributed by atoms with Crippen molar-refractivity contribution in [3.8, 4) is 17.2 Å². The van der Waals surface area contributed by atoms with E-state index in [0.717, 1.165) is 22.6 Å². The van der Waals surface area contributed by atoms with Crippen LogP contribution in [0.1, 0.15) is 5.82 Å². The van der Waals surface area contributed by atoms with E-state index in [0.29, 0.717) is 24.5 Å². The third kappa shape index (κ3) is 4.44. The highest BCUT2D eigenvalue weighted by Gasteiger charge is 2.06. The molecular weight excluding hydrogens is 334 g/mol. The molecule has 2 aromatic carbocycles. The maximum absolute atomic E-state index is 11.9. The first-order chi connectivity index (χ1) is 12.7. The quantitative estimate of drug-likeness (QED) is 0.648. The molecule has 3 rings (SSSR count). The van der Waals surface area contributed by atoms with Gasteiger partial charge in [-0.15, -0.1) is 0 Å². The predicted octanol–water partition coefficient (Wildman–Crippen LogP) is 2.32. The molecule has 0 atom stereocenters. The fraction of sp³-hybridized carbons (Fsp3) is 0.263. The van der Waals surface area contributed by atoms with Gasteiger partial charge in [0.15, 0.2) is 6.61 Å². The molecule has 0 saturated carbocycles. The summed E-state index contributed by atoms with van der Waals surface area (Å²) in [6, 6.07) is 12.8. The lowest BCUT2D eigenvalue weighted by Gasteiger charge is -2.08. The summed E-state index contributed by atoms with van der Waals surface area (Å²) >= 11 is 0. The van der Waals surface area contributed by atoms with Crippen molar-refractivity contribution in [2.45, 2.75) is 6.42 Å². The number of amides is 1. The molecule has 0 aliphatic rings. The largest absolute Gasteiger partial charge is 0.497 e. The standard InChI is InChI=1S/C19H21N3O4/c1-24-13-4-3-5-15(10-13)26-12-19(23)20-9-8-18-21-16-7-6-14(25-2)11-17(16)22-18/h3-7,10-11H,8-9,12H2,1-2H3,(H,20,23)(H,21,22). The molecule has 26 heavy (non-hydrogen) atoms. The van der Waals surface area contributed by atoms with E-state index in [9.17, 15) is 4.79 Å². The number of aromatic nitrogens is 2. The first kappa shape index (κ1) is 17.6. The van der Waals surface area contributed by atoms with E-state index in [1.807, 2.05) is 30.3 Å². The maximum Gasteiger partial charge on any atom is 0.257 e. The van der Waals surface area contributed by atoms with Crippen molar-refractivity contribution >= 4 is 16.9 Å². The Hall–Kier alpha value is -3.22. The highest BCUT2D eigenvalue weighted by Crippen LogP contribution is 2.19. The van der Waals surface area contributed by atoms with Crippen molar-refractivity contribution in [3.63, 3.8) is 0 Å². The molecule has 7 heteroatoms. The summed E-state index contributed by atoms with van der Waals surface area (Å²) in [5.74, 6) is 2.67. The van der Waals surface area contributed by atoms with Crippen LogP contribution in [0.5, 0.6) is 17.2 Å². The predicted molar refractivity (Wildman–Crippen MR) is 97.8 cm³/mol. The molecular formula is C19H21N3O4. The molecule has 0 spiro atoms. The molecule has 136 valence electrons. The Morgan fingerprint density at radius 3 is 2.65 bits per heavy atom. The lowest BCUT2D eigenvalue weighted by molar-refractivity contribution is -0.123. The van der Waals surface area contributed by atoms with Crippen molar-refractivity contribution in [2.24, 2.45) is 0 Å². The van der Waals surface area contributed by atoms with Gasteiger partial charge in [-0.1, -0.05) is 6.07 Å². The van der Waals surface area contributed by atoms with Gasteiger partial charge in [0, 0.05) is 25.1 Å². The number of rotatable bonds is 8. The summed E-state index contributed by atoms with van der Waals surface area (Å²) in [6.07, 6.45) is 0.599. The molecule has 1 amide bonds. The summed E-state index contributed by atoms with van der Waals surface area (Å²) in [6.45, 7) is 0.418. The normalized spacial score (nSPS) is 10.5. The fourth-order valence-electron chi connectivity index (χ4n) is 2.50. The number of nitrogens with one attached hydrogen (secondary N) is 2. The molecule has 0 saturated heterocycles. The van der Waals surface area contributed by atoms with Gasteiger partial charge in [0.25, 0.3) is 5.91 Å². The number of methoxy groups -OCH3 is 2. The Bertz CT molecular complexity index is 891. The molecule has 0 radical (unpaired) electrons. The molecule has 1 heterocycles. The minimum atomic E-state index is -0.189. The van der Waals surface area contributed by atoms with E-state index >= 15 is 0 Å². The minimum absolute atomic E-state index is 0.0511. The zero-order valence-electron chi connectivity index (χ0n) is 14.7. The van der Waals surface area contributed by atoms with Gasteiger partial charge in [-0.2, -0.15) is 0 Å².